The van der Waals surface area contributed by atoms with E-state index in [4.69, 9.17) is 0 Å². The van der Waals surface area contributed by atoms with Crippen molar-refractivity contribution in [2.45, 2.75) is 4.90 Å². The van der Waals surface area contributed by atoms with Crippen molar-refractivity contribution in [3.05, 3.63) is 48.3 Å². The van der Waals surface area contributed by atoms with Gasteiger partial charge in [-0.05, 0) is 30.3 Å². The third kappa shape index (κ3) is 3.52. The highest BCUT2D eigenvalue weighted by Gasteiger charge is 2.22. The van der Waals surface area contributed by atoms with Gasteiger partial charge in [-0.25, -0.2) is 18.2 Å². The average Bonchev–Trinajstić information content (AvgIpc) is 3.13. The third-order valence-electron chi connectivity index (χ3n) is 4.53. The number of fused-ring (bicyclic) bond motifs is 1. The number of aromatic amines is 1. The van der Waals surface area contributed by atoms with Crippen LogP contribution in [-0.4, -0.2) is 54.1 Å². The highest BCUT2D eigenvalue weighted by molar-refractivity contribution is 7.99. The molecule has 8 nitrogen and oxygen atoms in total. The summed E-state index contributed by atoms with van der Waals surface area (Å²) >= 11 is 1.83. The number of aromatic nitrogens is 2. The quantitative estimate of drug-likeness (QED) is 0.583. The van der Waals surface area contributed by atoms with Gasteiger partial charge in [0, 0.05) is 48.1 Å². The van der Waals surface area contributed by atoms with Gasteiger partial charge in [0.1, 0.15) is 10.5 Å². The molecule has 0 saturated carbocycles. The second kappa shape index (κ2) is 7.36. The van der Waals surface area contributed by atoms with Gasteiger partial charge in [-0.2, -0.15) is 11.8 Å². The summed E-state index contributed by atoms with van der Waals surface area (Å²) in [7, 11) is -3.91. The van der Waals surface area contributed by atoms with Crippen LogP contribution in [0.25, 0.3) is 11.0 Å². The number of carbonyl (C=O) groups is 1. The number of benzene rings is 1. The second-order valence-corrected chi connectivity index (χ2v) is 9.17. The average molecular weight is 419 g/mol. The Morgan fingerprint density at radius 3 is 2.79 bits per heavy atom. The van der Waals surface area contributed by atoms with Crippen LogP contribution in [0.4, 0.5) is 11.4 Å². The number of carboxylic acid groups (broad SMARTS) is 1. The SMILES string of the molecule is O=C(O)c1cc(NS(=O)(=O)c2c[nH]c3ncccc23)ccc1N1CCSCC1. The van der Waals surface area contributed by atoms with Gasteiger partial charge in [-0.1, -0.05) is 0 Å². The maximum atomic E-state index is 12.8. The lowest BCUT2D eigenvalue weighted by Gasteiger charge is -2.29. The van der Waals surface area contributed by atoms with E-state index >= 15 is 0 Å². The first-order valence-electron chi connectivity index (χ1n) is 8.61. The number of nitrogens with zero attached hydrogens (tertiary/aromatic N) is 2. The van der Waals surface area contributed by atoms with Crippen LogP contribution in [0.1, 0.15) is 10.4 Å². The van der Waals surface area contributed by atoms with E-state index in [1.54, 1.807) is 30.5 Å². The Morgan fingerprint density at radius 1 is 1.25 bits per heavy atom. The van der Waals surface area contributed by atoms with E-state index in [1.165, 1.54) is 12.3 Å². The maximum absolute atomic E-state index is 12.8. The van der Waals surface area contributed by atoms with Gasteiger partial charge in [-0.15, -0.1) is 0 Å². The van der Waals surface area contributed by atoms with Crippen molar-refractivity contribution >= 4 is 50.2 Å². The van der Waals surface area contributed by atoms with Gasteiger partial charge in [0.15, 0.2) is 0 Å². The fourth-order valence-corrected chi connectivity index (χ4v) is 5.33. The van der Waals surface area contributed by atoms with E-state index in [9.17, 15) is 18.3 Å². The van der Waals surface area contributed by atoms with E-state index < -0.39 is 16.0 Å². The van der Waals surface area contributed by atoms with Gasteiger partial charge in [-0.3, -0.25) is 4.72 Å². The summed E-state index contributed by atoms with van der Waals surface area (Å²) in [5.74, 6) is 0.773. The van der Waals surface area contributed by atoms with Crippen LogP contribution in [0.15, 0.2) is 47.6 Å². The van der Waals surface area contributed by atoms with E-state index in [1.807, 2.05) is 16.7 Å². The van der Waals surface area contributed by atoms with Crippen molar-refractivity contribution in [2.24, 2.45) is 0 Å². The molecular formula is C18H18N4O4S2. The van der Waals surface area contributed by atoms with Crippen molar-refractivity contribution < 1.29 is 18.3 Å². The summed E-state index contributed by atoms with van der Waals surface area (Å²) in [5, 5.41) is 10.1. The summed E-state index contributed by atoms with van der Waals surface area (Å²) < 4.78 is 28.1. The molecule has 0 unspecified atom stereocenters. The number of sulfonamides is 1. The summed E-state index contributed by atoms with van der Waals surface area (Å²) in [6.07, 6.45) is 2.94. The van der Waals surface area contributed by atoms with Crippen molar-refractivity contribution in [1.29, 1.82) is 0 Å². The van der Waals surface area contributed by atoms with Crippen molar-refractivity contribution in [1.82, 2.24) is 9.97 Å². The molecule has 0 bridgehead atoms. The Bertz CT molecular complexity index is 1140. The minimum Gasteiger partial charge on any atom is -0.478 e. The monoisotopic (exact) mass is 418 g/mol. The van der Waals surface area contributed by atoms with E-state index in [0.29, 0.717) is 16.7 Å². The smallest absolute Gasteiger partial charge is 0.337 e. The molecule has 146 valence electrons. The van der Waals surface area contributed by atoms with E-state index in [-0.39, 0.29) is 16.1 Å². The third-order valence-corrected chi connectivity index (χ3v) is 6.90. The number of hydrogen-bond donors (Lipinski definition) is 3. The first-order chi connectivity index (χ1) is 13.5. The van der Waals surface area contributed by atoms with Gasteiger partial charge in [0.2, 0.25) is 0 Å². The molecule has 28 heavy (non-hydrogen) atoms. The minimum atomic E-state index is -3.91. The second-order valence-electron chi connectivity index (χ2n) is 6.29. The molecule has 3 N–H and O–H groups in total. The van der Waals surface area contributed by atoms with E-state index in [2.05, 4.69) is 14.7 Å². The Balaban J connectivity index is 1.67. The number of pyridine rings is 1. The lowest BCUT2D eigenvalue weighted by molar-refractivity contribution is 0.0697. The molecule has 0 atom stereocenters. The van der Waals surface area contributed by atoms with Crippen molar-refractivity contribution in [2.75, 3.05) is 34.2 Å². The number of nitrogens with one attached hydrogen (secondary N) is 2. The van der Waals surface area contributed by atoms with Crippen molar-refractivity contribution in [3.63, 3.8) is 0 Å². The highest BCUT2D eigenvalue weighted by atomic mass is 32.2. The highest BCUT2D eigenvalue weighted by Crippen LogP contribution is 2.29. The molecule has 1 aliphatic heterocycles. The lowest BCUT2D eigenvalue weighted by Crippen LogP contribution is -2.33. The molecule has 0 radical (unpaired) electrons. The molecule has 3 heterocycles. The first kappa shape index (κ1) is 18.6. The fourth-order valence-electron chi connectivity index (χ4n) is 3.21. The summed E-state index contributed by atoms with van der Waals surface area (Å²) in [6, 6.07) is 7.93. The van der Waals surface area contributed by atoms with E-state index in [0.717, 1.165) is 24.6 Å². The zero-order chi connectivity index (χ0) is 19.7. The molecule has 0 spiro atoms. The molecule has 10 heteroatoms. The molecule has 1 saturated heterocycles. The molecule has 3 aromatic rings. The summed E-state index contributed by atoms with van der Waals surface area (Å²) in [4.78, 5) is 20.8. The molecule has 1 aromatic carbocycles. The molecule has 0 amide bonds. The zero-order valence-electron chi connectivity index (χ0n) is 14.8. The standard InChI is InChI=1S/C18H18N4O4S2/c23-18(24)14-10-12(3-4-15(14)22-6-8-27-9-7-22)21-28(25,26)16-11-20-17-13(16)2-1-5-19-17/h1-5,10-11,21H,6-9H2,(H,19,20)(H,23,24). The Hall–Kier alpha value is -2.72. The van der Waals surface area contributed by atoms with Gasteiger partial charge < -0.3 is 15.0 Å². The maximum Gasteiger partial charge on any atom is 0.337 e. The lowest BCUT2D eigenvalue weighted by atomic mass is 10.1. The predicted molar refractivity (Wildman–Crippen MR) is 110 cm³/mol. The van der Waals surface area contributed by atoms with Gasteiger partial charge >= 0.3 is 5.97 Å². The summed E-state index contributed by atoms with van der Waals surface area (Å²) in [6.45, 7) is 1.52. The number of H-pyrrole nitrogens is 1. The Morgan fingerprint density at radius 2 is 2.04 bits per heavy atom. The fraction of sp³-hybridized carbons (Fsp3) is 0.222. The molecule has 0 aliphatic carbocycles. The predicted octanol–water partition coefficient (Wildman–Crippen LogP) is 2.62. The topological polar surface area (TPSA) is 115 Å². The van der Waals surface area contributed by atoms with Gasteiger partial charge in [0.05, 0.1) is 11.3 Å². The van der Waals surface area contributed by atoms with Crippen molar-refractivity contribution in [3.8, 4) is 0 Å². The van der Waals surface area contributed by atoms with Crippen LogP contribution in [0.2, 0.25) is 0 Å². The van der Waals surface area contributed by atoms with Crippen LogP contribution >= 0.6 is 11.8 Å². The van der Waals surface area contributed by atoms with Crippen LogP contribution in [0.3, 0.4) is 0 Å². The Labute approximate surface area is 166 Å². The van der Waals surface area contributed by atoms with Gasteiger partial charge in [0.25, 0.3) is 10.0 Å². The largest absolute Gasteiger partial charge is 0.478 e. The molecule has 1 aliphatic rings. The molecular weight excluding hydrogens is 400 g/mol. The number of hydrogen-bond acceptors (Lipinski definition) is 6. The summed E-state index contributed by atoms with van der Waals surface area (Å²) in [5.41, 5.74) is 1.35. The number of rotatable bonds is 5. The number of carboxylic acids is 1. The Kier molecular flexibility index (Phi) is 4.90. The number of aromatic carboxylic acids is 1. The van der Waals surface area contributed by atoms with Crippen LogP contribution in [0.5, 0.6) is 0 Å². The van der Waals surface area contributed by atoms with Crippen LogP contribution < -0.4 is 9.62 Å². The normalized spacial score (nSPS) is 14.9. The van der Waals surface area contributed by atoms with Crippen LogP contribution in [-0.2, 0) is 10.0 Å². The number of thioether (sulfide) groups is 1. The zero-order valence-corrected chi connectivity index (χ0v) is 16.4. The molecule has 4 rings (SSSR count). The number of anilines is 2. The first-order valence-corrected chi connectivity index (χ1v) is 11.2. The molecule has 2 aromatic heterocycles. The molecule has 1 fully saturated rings. The minimum absolute atomic E-state index is 0.0598. The van der Waals surface area contributed by atoms with Crippen LogP contribution in [0, 0.1) is 0 Å².